The molecule has 1 aromatic carbocycles. The van der Waals surface area contributed by atoms with Gasteiger partial charge in [0, 0.05) is 18.2 Å². The van der Waals surface area contributed by atoms with Gasteiger partial charge in [0.15, 0.2) is 0 Å². The molecule has 0 bridgehead atoms. The van der Waals surface area contributed by atoms with Crippen molar-refractivity contribution in [1.82, 2.24) is 9.55 Å². The Labute approximate surface area is 182 Å². The van der Waals surface area contributed by atoms with E-state index in [2.05, 4.69) is 23.2 Å². The summed E-state index contributed by atoms with van der Waals surface area (Å²) in [7, 11) is 0. The summed E-state index contributed by atoms with van der Waals surface area (Å²) in [6.45, 7) is 3.27. The highest BCUT2D eigenvalue weighted by Crippen LogP contribution is 2.31. The van der Waals surface area contributed by atoms with Gasteiger partial charge in [0.1, 0.15) is 12.7 Å². The number of aromatic nitrogens is 2. The molecule has 3 aliphatic rings. The molecule has 0 amide bonds. The van der Waals surface area contributed by atoms with E-state index >= 15 is 0 Å². The minimum atomic E-state index is -0.274. The molecule has 1 aliphatic carbocycles. The molecule has 0 N–H and O–H groups in total. The summed E-state index contributed by atoms with van der Waals surface area (Å²) in [5.41, 5.74) is 4.08. The van der Waals surface area contributed by atoms with Gasteiger partial charge in [0.05, 0.1) is 38.2 Å². The number of aryl methyl sites for hydroxylation is 1. The van der Waals surface area contributed by atoms with Crippen LogP contribution in [-0.4, -0.2) is 48.2 Å². The fourth-order valence-electron chi connectivity index (χ4n) is 4.68. The molecule has 7 nitrogen and oxygen atoms in total. The Morgan fingerprint density at radius 2 is 2.03 bits per heavy atom. The van der Waals surface area contributed by atoms with Crippen LogP contribution in [0, 0.1) is 0 Å². The van der Waals surface area contributed by atoms with E-state index in [-0.39, 0.29) is 11.8 Å². The van der Waals surface area contributed by atoms with Gasteiger partial charge in [-0.1, -0.05) is 37.5 Å². The first-order valence-electron chi connectivity index (χ1n) is 11.4. The fourth-order valence-corrected chi connectivity index (χ4v) is 4.68. The minimum Gasteiger partial charge on any atom is -0.475 e. The van der Waals surface area contributed by atoms with Gasteiger partial charge in [-0.15, -0.1) is 0 Å². The summed E-state index contributed by atoms with van der Waals surface area (Å²) >= 11 is 0. The van der Waals surface area contributed by atoms with Crippen LogP contribution >= 0.6 is 0 Å². The molecule has 3 heterocycles. The highest BCUT2D eigenvalue weighted by Gasteiger charge is 2.21. The zero-order valence-corrected chi connectivity index (χ0v) is 17.9. The lowest BCUT2D eigenvalue weighted by Gasteiger charge is -2.25. The monoisotopic (exact) mass is 426 g/mol. The van der Waals surface area contributed by atoms with Gasteiger partial charge in [-0.2, -0.15) is 4.98 Å². The molecule has 5 rings (SSSR count). The normalized spacial score (nSPS) is 21.4. The molecule has 0 spiro atoms. The lowest BCUT2D eigenvalue weighted by molar-refractivity contribution is -0.102. The van der Waals surface area contributed by atoms with Gasteiger partial charge in [0.25, 0.3) is 0 Å². The van der Waals surface area contributed by atoms with Crippen LogP contribution in [0.25, 0.3) is 11.3 Å². The van der Waals surface area contributed by atoms with Crippen molar-refractivity contribution in [2.24, 2.45) is 0 Å². The number of hydrogen-bond donors (Lipinski definition) is 0. The molecule has 2 aromatic rings. The number of benzene rings is 1. The standard InChI is InChI=1S/C24H30N2O5/c27-24-25-23(31-16-20-15-28-10-11-29-20)13-22-21-7-6-17(12-18(21)8-9-26(22)24)14-30-19-4-2-1-3-5-19/h6-7,12-13,19-20H,1-5,8-11,14-16H2/t20-/m0/s1. The van der Waals surface area contributed by atoms with E-state index in [9.17, 15) is 4.79 Å². The van der Waals surface area contributed by atoms with Crippen molar-refractivity contribution >= 4 is 0 Å². The molecule has 166 valence electrons. The van der Waals surface area contributed by atoms with Gasteiger partial charge in [0.2, 0.25) is 5.88 Å². The Kier molecular flexibility index (Phi) is 6.34. The Hall–Kier alpha value is -2.22. The summed E-state index contributed by atoms with van der Waals surface area (Å²) < 4.78 is 24.7. The Bertz CT molecular complexity index is 961. The third-order valence-corrected chi connectivity index (χ3v) is 6.38. The number of hydrogen-bond acceptors (Lipinski definition) is 6. The van der Waals surface area contributed by atoms with E-state index < -0.39 is 0 Å². The average molecular weight is 427 g/mol. The molecule has 31 heavy (non-hydrogen) atoms. The number of fused-ring (bicyclic) bond motifs is 3. The predicted molar refractivity (Wildman–Crippen MR) is 115 cm³/mol. The second-order valence-corrected chi connectivity index (χ2v) is 8.61. The molecular weight excluding hydrogens is 396 g/mol. The summed E-state index contributed by atoms with van der Waals surface area (Å²) in [4.78, 5) is 16.7. The predicted octanol–water partition coefficient (Wildman–Crippen LogP) is 3.11. The van der Waals surface area contributed by atoms with Gasteiger partial charge >= 0.3 is 5.69 Å². The van der Waals surface area contributed by atoms with Crippen LogP contribution in [0.5, 0.6) is 5.88 Å². The third-order valence-electron chi connectivity index (χ3n) is 6.38. The lowest BCUT2D eigenvalue weighted by Crippen LogP contribution is -2.34. The number of rotatable bonds is 6. The van der Waals surface area contributed by atoms with E-state index in [1.165, 1.54) is 43.2 Å². The van der Waals surface area contributed by atoms with Crippen molar-refractivity contribution in [2.75, 3.05) is 26.4 Å². The first-order chi connectivity index (χ1) is 15.3. The largest absolute Gasteiger partial charge is 0.475 e. The smallest absolute Gasteiger partial charge is 0.351 e. The van der Waals surface area contributed by atoms with Crippen molar-refractivity contribution in [3.8, 4) is 17.1 Å². The summed E-state index contributed by atoms with van der Waals surface area (Å²) in [6, 6.07) is 8.29. The molecule has 0 unspecified atom stereocenters. The van der Waals surface area contributed by atoms with Crippen molar-refractivity contribution in [3.63, 3.8) is 0 Å². The van der Waals surface area contributed by atoms with Crippen molar-refractivity contribution in [2.45, 2.75) is 63.9 Å². The van der Waals surface area contributed by atoms with E-state index in [4.69, 9.17) is 18.9 Å². The van der Waals surface area contributed by atoms with Crippen LogP contribution in [0.3, 0.4) is 0 Å². The molecule has 2 fully saturated rings. The average Bonchev–Trinajstić information content (AvgIpc) is 2.82. The molecule has 1 aromatic heterocycles. The van der Waals surface area contributed by atoms with Crippen LogP contribution in [0.4, 0.5) is 0 Å². The molecule has 1 atom stereocenters. The SMILES string of the molecule is O=c1nc(OC[C@@H]2COCCO2)cc2n1CCc1cc(COC3CCCCC3)ccc1-2. The number of ether oxygens (including phenoxy) is 4. The number of nitrogens with zero attached hydrogens (tertiary/aromatic N) is 2. The highest BCUT2D eigenvalue weighted by atomic mass is 16.6. The van der Waals surface area contributed by atoms with E-state index in [0.717, 1.165) is 17.7 Å². The second-order valence-electron chi connectivity index (χ2n) is 8.61. The molecule has 2 aliphatic heterocycles. The molecule has 0 radical (unpaired) electrons. The Balaban J connectivity index is 1.31. The third kappa shape index (κ3) is 4.84. The first-order valence-corrected chi connectivity index (χ1v) is 11.4. The van der Waals surface area contributed by atoms with Gasteiger partial charge in [-0.05, 0) is 30.4 Å². The summed E-state index contributed by atoms with van der Waals surface area (Å²) in [6.07, 6.45) is 7.32. The van der Waals surface area contributed by atoms with Crippen LogP contribution in [-0.2, 0) is 33.8 Å². The Morgan fingerprint density at radius 1 is 1.13 bits per heavy atom. The van der Waals surface area contributed by atoms with Crippen LogP contribution in [0.15, 0.2) is 29.1 Å². The molecule has 1 saturated heterocycles. The van der Waals surface area contributed by atoms with Gasteiger partial charge in [-0.25, -0.2) is 4.79 Å². The molecule has 1 saturated carbocycles. The zero-order chi connectivity index (χ0) is 21.0. The van der Waals surface area contributed by atoms with E-state index in [0.29, 0.717) is 51.6 Å². The second kappa shape index (κ2) is 9.51. The molecule has 7 heteroatoms. The van der Waals surface area contributed by atoms with Crippen LogP contribution in [0.1, 0.15) is 43.2 Å². The van der Waals surface area contributed by atoms with E-state index in [1.54, 1.807) is 4.57 Å². The first kappa shape index (κ1) is 20.7. The fraction of sp³-hybridized carbons (Fsp3) is 0.583. The maximum absolute atomic E-state index is 12.6. The zero-order valence-electron chi connectivity index (χ0n) is 17.9. The molecular formula is C24H30N2O5. The quantitative estimate of drug-likeness (QED) is 0.707. The van der Waals surface area contributed by atoms with Crippen molar-refractivity contribution in [3.05, 3.63) is 45.9 Å². The van der Waals surface area contributed by atoms with Crippen molar-refractivity contribution in [1.29, 1.82) is 0 Å². The van der Waals surface area contributed by atoms with Crippen LogP contribution < -0.4 is 10.4 Å². The maximum atomic E-state index is 12.6. The maximum Gasteiger partial charge on any atom is 0.351 e. The summed E-state index contributed by atoms with van der Waals surface area (Å²) in [5.74, 6) is 0.336. The van der Waals surface area contributed by atoms with Crippen molar-refractivity contribution < 1.29 is 18.9 Å². The van der Waals surface area contributed by atoms with Crippen LogP contribution in [0.2, 0.25) is 0 Å². The lowest BCUT2D eigenvalue weighted by atomic mass is 9.95. The van der Waals surface area contributed by atoms with Gasteiger partial charge < -0.3 is 18.9 Å². The Morgan fingerprint density at radius 3 is 2.87 bits per heavy atom. The highest BCUT2D eigenvalue weighted by molar-refractivity contribution is 5.67. The topological polar surface area (TPSA) is 71.8 Å². The minimum absolute atomic E-state index is 0.131. The van der Waals surface area contributed by atoms with Gasteiger partial charge in [-0.3, -0.25) is 4.57 Å². The van der Waals surface area contributed by atoms with E-state index in [1.807, 2.05) is 6.07 Å². The summed E-state index contributed by atoms with van der Waals surface area (Å²) in [5, 5.41) is 0.